The van der Waals surface area contributed by atoms with Crippen molar-refractivity contribution in [2.24, 2.45) is 17.0 Å². The predicted octanol–water partition coefficient (Wildman–Crippen LogP) is 3.50. The Hall–Kier alpha value is -1.85. The summed E-state index contributed by atoms with van der Waals surface area (Å²) < 4.78 is 0.867. The van der Waals surface area contributed by atoms with E-state index in [0.717, 1.165) is 17.3 Å². The molecule has 0 bridgehead atoms. The molecule has 2 rings (SSSR count). The molecular weight excluding hydrogens is 350 g/mol. The number of halogens is 1. The van der Waals surface area contributed by atoms with Gasteiger partial charge in [-0.05, 0) is 30.5 Å². The highest BCUT2D eigenvalue weighted by atomic mass is 79.9. The molecule has 22 heavy (non-hydrogen) atoms. The van der Waals surface area contributed by atoms with Gasteiger partial charge in [0, 0.05) is 10.4 Å². The number of carboxylic acid groups (broad SMARTS) is 1. The van der Waals surface area contributed by atoms with Gasteiger partial charge in [-0.1, -0.05) is 40.9 Å². The third kappa shape index (κ3) is 3.67. The molecule has 1 aliphatic rings. The van der Waals surface area contributed by atoms with Crippen molar-refractivity contribution < 1.29 is 14.7 Å². The average Bonchev–Trinajstić information content (AvgIpc) is 2.53. The highest BCUT2D eigenvalue weighted by molar-refractivity contribution is 9.10. The Morgan fingerprint density at radius 3 is 2.36 bits per heavy atom. The maximum atomic E-state index is 12.8. The van der Waals surface area contributed by atoms with Crippen LogP contribution in [-0.2, 0) is 9.59 Å². The lowest BCUT2D eigenvalue weighted by Crippen LogP contribution is -2.35. The first-order chi connectivity index (χ1) is 10.5. The van der Waals surface area contributed by atoms with Gasteiger partial charge in [0.2, 0.25) is 11.0 Å². The van der Waals surface area contributed by atoms with Gasteiger partial charge in [-0.3, -0.25) is 9.59 Å². The highest BCUT2D eigenvalue weighted by Gasteiger charge is 2.40. The third-order valence-electron chi connectivity index (χ3n) is 4.08. The second kappa shape index (κ2) is 7.42. The number of hydrogen-bond acceptors (Lipinski definition) is 4. The van der Waals surface area contributed by atoms with Gasteiger partial charge >= 0.3 is 5.97 Å². The summed E-state index contributed by atoms with van der Waals surface area (Å²) in [6.45, 7) is 0. The maximum absolute atomic E-state index is 12.8. The van der Waals surface area contributed by atoms with E-state index in [0.29, 0.717) is 18.4 Å². The zero-order chi connectivity index (χ0) is 16.1. The van der Waals surface area contributed by atoms with Crippen molar-refractivity contribution in [3.8, 4) is 0 Å². The summed E-state index contributed by atoms with van der Waals surface area (Å²) in [5.41, 5.74) is 7.57. The first-order valence-corrected chi connectivity index (χ1v) is 7.92. The lowest BCUT2D eigenvalue weighted by molar-refractivity contribution is -0.148. The van der Waals surface area contributed by atoms with Crippen molar-refractivity contribution in [1.82, 2.24) is 4.91 Å². The van der Waals surface area contributed by atoms with Crippen LogP contribution in [0.4, 0.5) is 0 Å². The van der Waals surface area contributed by atoms with E-state index in [9.17, 15) is 14.7 Å². The third-order valence-corrected chi connectivity index (χ3v) is 4.61. The zero-order valence-electron chi connectivity index (χ0n) is 11.9. The number of nitrogens with zero attached hydrogens (tertiary/aromatic N) is 2. The van der Waals surface area contributed by atoms with Crippen molar-refractivity contribution in [2.45, 2.75) is 31.7 Å². The van der Waals surface area contributed by atoms with Crippen molar-refractivity contribution in [2.75, 3.05) is 0 Å². The second-order valence-electron chi connectivity index (χ2n) is 5.41. The molecule has 3 atom stereocenters. The Kier molecular flexibility index (Phi) is 5.57. The smallest absolute Gasteiger partial charge is 0.307 e. The van der Waals surface area contributed by atoms with E-state index in [4.69, 9.17) is 5.53 Å². The van der Waals surface area contributed by atoms with E-state index >= 15 is 0 Å². The summed E-state index contributed by atoms with van der Waals surface area (Å²) in [7, 11) is 0. The number of hydrogen-bond donors (Lipinski definition) is 2. The molecular formula is C15H17BrN3O3+. The van der Waals surface area contributed by atoms with Crippen LogP contribution in [0.15, 0.2) is 33.9 Å². The van der Waals surface area contributed by atoms with E-state index in [1.165, 1.54) is 0 Å². The fourth-order valence-electron chi connectivity index (χ4n) is 2.96. The largest absolute Gasteiger partial charge is 0.481 e. The molecule has 0 radical (unpaired) electrons. The van der Waals surface area contributed by atoms with Crippen LogP contribution in [0.1, 0.15) is 37.3 Å². The van der Waals surface area contributed by atoms with Gasteiger partial charge in [-0.25, -0.2) is 0 Å². The molecule has 2 N–H and O–H groups in total. The van der Waals surface area contributed by atoms with Crippen LogP contribution in [0.5, 0.6) is 0 Å². The number of Topliss-reactive ketones (excluding diaryl/α,β-unsaturated/α-hetero) is 1. The number of aliphatic carboxylic acids is 1. The number of carbonyl (C=O) groups excluding carboxylic acids is 1. The molecule has 0 amide bonds. The van der Waals surface area contributed by atoms with Gasteiger partial charge < -0.3 is 5.11 Å². The second-order valence-corrected chi connectivity index (χ2v) is 6.32. The number of benzene rings is 1. The van der Waals surface area contributed by atoms with Gasteiger partial charge in [-0.15, -0.1) is 0 Å². The zero-order valence-corrected chi connectivity index (χ0v) is 13.5. The summed E-state index contributed by atoms with van der Waals surface area (Å²) in [6, 6.07) is 6.13. The molecule has 0 aromatic heterocycles. The Bertz CT molecular complexity index is 611. The fourth-order valence-corrected chi connectivity index (χ4v) is 3.22. The van der Waals surface area contributed by atoms with E-state index in [2.05, 4.69) is 26.0 Å². The molecule has 1 aromatic carbocycles. The fraction of sp³-hybridized carbons (Fsp3) is 0.467. The van der Waals surface area contributed by atoms with Crippen LogP contribution in [0.3, 0.4) is 0 Å². The molecule has 0 saturated heterocycles. The molecule has 1 aliphatic carbocycles. The monoisotopic (exact) mass is 366 g/mol. The van der Waals surface area contributed by atoms with Crippen LogP contribution in [0.25, 0.3) is 0 Å². The van der Waals surface area contributed by atoms with Crippen molar-refractivity contribution >= 4 is 27.7 Å². The molecule has 3 unspecified atom stereocenters. The van der Waals surface area contributed by atoms with Crippen molar-refractivity contribution in [3.63, 3.8) is 0 Å². The van der Waals surface area contributed by atoms with Gasteiger partial charge in [0.25, 0.3) is 0 Å². The Balaban J connectivity index is 2.31. The minimum absolute atomic E-state index is 0.259. The van der Waals surface area contributed by atoms with Crippen molar-refractivity contribution in [1.29, 1.82) is 5.53 Å². The quantitative estimate of drug-likeness (QED) is 0.615. The summed E-state index contributed by atoms with van der Waals surface area (Å²) >= 11 is 3.32. The molecule has 0 heterocycles. The summed E-state index contributed by atoms with van der Waals surface area (Å²) in [6.07, 6.45) is 2.72. The van der Waals surface area contributed by atoms with E-state index < -0.39 is 23.8 Å². The molecule has 1 saturated carbocycles. The Morgan fingerprint density at radius 1 is 1.23 bits per heavy atom. The minimum atomic E-state index is -0.935. The number of carbonyl (C=O) groups is 2. The Morgan fingerprint density at radius 2 is 1.82 bits per heavy atom. The lowest BCUT2D eigenvalue weighted by Gasteiger charge is -2.28. The van der Waals surface area contributed by atoms with Gasteiger partial charge in [0.15, 0.2) is 5.78 Å². The molecule has 0 spiro atoms. The van der Waals surface area contributed by atoms with Gasteiger partial charge in [0.05, 0.1) is 5.92 Å². The minimum Gasteiger partial charge on any atom is -0.481 e. The van der Waals surface area contributed by atoms with Gasteiger partial charge in [-0.2, -0.15) is 0 Å². The number of carboxylic acids is 1. The van der Waals surface area contributed by atoms with Crippen LogP contribution in [-0.4, -0.2) is 16.9 Å². The van der Waals surface area contributed by atoms with E-state index in [-0.39, 0.29) is 5.78 Å². The molecule has 1 aromatic rings. The number of ketones is 1. The standard InChI is InChI=1S/C15H16BrN3O3/c16-10-7-5-9(6-8-10)13(18-19-17)14(20)11-3-1-2-4-12(11)15(21)22/h5-8,11-13,17H,1-4H2/p+1. The molecule has 116 valence electrons. The van der Waals surface area contributed by atoms with Gasteiger partial charge in [0.1, 0.15) is 10.6 Å². The summed E-state index contributed by atoms with van der Waals surface area (Å²) in [4.78, 5) is 27.2. The number of nitrogens with one attached hydrogen (secondary N) is 1. The summed E-state index contributed by atoms with van der Waals surface area (Å²) in [5.74, 6) is -2.42. The molecule has 6 nitrogen and oxygen atoms in total. The van der Waals surface area contributed by atoms with E-state index in [1.54, 1.807) is 24.3 Å². The maximum Gasteiger partial charge on any atom is 0.307 e. The SMILES string of the molecule is N=[N+]=NC(C(=O)C1CCCCC1C(=O)O)c1ccc(Br)cc1. The lowest BCUT2D eigenvalue weighted by atomic mass is 9.74. The van der Waals surface area contributed by atoms with Crippen LogP contribution in [0, 0.1) is 17.4 Å². The molecule has 7 heteroatoms. The predicted molar refractivity (Wildman–Crippen MR) is 82.3 cm³/mol. The topological polar surface area (TPSA) is 105 Å². The normalized spacial score (nSPS) is 22.4. The van der Waals surface area contributed by atoms with Crippen LogP contribution < -0.4 is 4.91 Å². The Labute approximate surface area is 136 Å². The summed E-state index contributed by atoms with van der Waals surface area (Å²) in [5, 5.41) is 13.1. The van der Waals surface area contributed by atoms with Crippen LogP contribution in [0.2, 0.25) is 0 Å². The van der Waals surface area contributed by atoms with Crippen molar-refractivity contribution in [3.05, 3.63) is 34.3 Å². The van der Waals surface area contributed by atoms with E-state index in [1.807, 2.05) is 0 Å². The average molecular weight is 367 g/mol. The number of rotatable bonds is 5. The highest BCUT2D eigenvalue weighted by Crippen LogP contribution is 2.35. The molecule has 1 fully saturated rings. The van der Waals surface area contributed by atoms with Crippen LogP contribution >= 0.6 is 15.9 Å². The first kappa shape index (κ1) is 16.5. The first-order valence-electron chi connectivity index (χ1n) is 7.13. The molecule has 0 aliphatic heterocycles.